The molecule has 0 aliphatic heterocycles. The number of hydrogen-bond acceptors (Lipinski definition) is 6. The molecule has 0 aliphatic carbocycles. The number of rotatable bonds is 6. The SMILES string of the molecule is CCOc1c(Nc2ccc(F)c(CNC(=O)OC(C)(C)C)c2)c(=O)c1=O. The fourth-order valence-corrected chi connectivity index (χ4v) is 2.18. The summed E-state index contributed by atoms with van der Waals surface area (Å²) in [7, 11) is 0. The van der Waals surface area contributed by atoms with E-state index in [4.69, 9.17) is 9.47 Å². The third-order valence-corrected chi connectivity index (χ3v) is 3.29. The lowest BCUT2D eigenvalue weighted by Gasteiger charge is -2.20. The van der Waals surface area contributed by atoms with E-state index in [9.17, 15) is 18.8 Å². The van der Waals surface area contributed by atoms with Crippen LogP contribution in [0.4, 0.5) is 20.6 Å². The van der Waals surface area contributed by atoms with Crippen LogP contribution >= 0.6 is 0 Å². The molecule has 0 spiro atoms. The molecule has 0 radical (unpaired) electrons. The van der Waals surface area contributed by atoms with Crippen LogP contribution in [0.2, 0.25) is 0 Å². The second-order valence-corrected chi connectivity index (χ2v) is 6.58. The molecule has 0 atom stereocenters. The van der Waals surface area contributed by atoms with Crippen molar-refractivity contribution in [2.75, 3.05) is 11.9 Å². The van der Waals surface area contributed by atoms with E-state index in [1.54, 1.807) is 27.7 Å². The Morgan fingerprint density at radius 1 is 1.19 bits per heavy atom. The minimum absolute atomic E-state index is 0.0322. The van der Waals surface area contributed by atoms with Crippen LogP contribution in [0.3, 0.4) is 0 Å². The van der Waals surface area contributed by atoms with Crippen molar-refractivity contribution in [1.29, 1.82) is 0 Å². The van der Waals surface area contributed by atoms with Gasteiger partial charge in [0.25, 0.3) is 10.9 Å². The number of anilines is 2. The van der Waals surface area contributed by atoms with E-state index < -0.39 is 28.4 Å². The van der Waals surface area contributed by atoms with Crippen LogP contribution in [0.25, 0.3) is 0 Å². The monoisotopic (exact) mass is 364 g/mol. The lowest BCUT2D eigenvalue weighted by Crippen LogP contribution is -2.35. The van der Waals surface area contributed by atoms with Crippen LogP contribution < -0.4 is 26.2 Å². The van der Waals surface area contributed by atoms with Gasteiger partial charge in [0.2, 0.25) is 0 Å². The summed E-state index contributed by atoms with van der Waals surface area (Å²) in [5, 5.41) is 5.22. The van der Waals surface area contributed by atoms with Crippen LogP contribution in [0.15, 0.2) is 27.8 Å². The molecule has 0 fully saturated rings. The van der Waals surface area contributed by atoms with Crippen LogP contribution in [-0.2, 0) is 11.3 Å². The van der Waals surface area contributed by atoms with Crippen molar-refractivity contribution < 1.29 is 18.7 Å². The van der Waals surface area contributed by atoms with E-state index in [1.165, 1.54) is 18.2 Å². The minimum atomic E-state index is -0.691. The summed E-state index contributed by atoms with van der Waals surface area (Å²) in [6.07, 6.45) is -0.670. The average Bonchev–Trinajstić information content (AvgIpc) is 2.56. The van der Waals surface area contributed by atoms with Gasteiger partial charge in [0.1, 0.15) is 17.1 Å². The molecule has 2 aromatic carbocycles. The summed E-state index contributed by atoms with van der Waals surface area (Å²) >= 11 is 0. The van der Waals surface area contributed by atoms with E-state index >= 15 is 0 Å². The third-order valence-electron chi connectivity index (χ3n) is 3.29. The Bertz CT molecular complexity index is 879. The topological polar surface area (TPSA) is 93.7 Å². The molecule has 8 heteroatoms. The number of hydrogen-bond donors (Lipinski definition) is 2. The van der Waals surface area contributed by atoms with E-state index in [-0.39, 0.29) is 30.2 Å². The molecule has 0 heterocycles. The van der Waals surface area contributed by atoms with E-state index in [2.05, 4.69) is 10.6 Å². The van der Waals surface area contributed by atoms with Crippen LogP contribution in [0, 0.1) is 5.82 Å². The Hall–Kier alpha value is -2.90. The fraction of sp³-hybridized carbons (Fsp3) is 0.389. The molecule has 0 bridgehead atoms. The van der Waals surface area contributed by atoms with Crippen molar-refractivity contribution in [3.63, 3.8) is 0 Å². The maximum absolute atomic E-state index is 13.9. The van der Waals surface area contributed by atoms with Gasteiger partial charge in [-0.15, -0.1) is 0 Å². The summed E-state index contributed by atoms with van der Waals surface area (Å²) in [5.74, 6) is -0.558. The molecule has 0 saturated heterocycles. The summed E-state index contributed by atoms with van der Waals surface area (Å²) in [4.78, 5) is 34.8. The number of ether oxygens (including phenoxy) is 2. The van der Waals surface area contributed by atoms with Crippen molar-refractivity contribution in [3.05, 3.63) is 50.0 Å². The second kappa shape index (κ2) is 7.55. The molecule has 1 amide bonds. The van der Waals surface area contributed by atoms with Gasteiger partial charge in [-0.3, -0.25) is 9.59 Å². The molecule has 2 rings (SSSR count). The Labute approximate surface area is 149 Å². The highest BCUT2D eigenvalue weighted by Gasteiger charge is 2.22. The molecule has 7 nitrogen and oxygen atoms in total. The zero-order valence-corrected chi connectivity index (χ0v) is 15.1. The number of carbonyl (C=O) groups excluding carboxylic acids is 1. The van der Waals surface area contributed by atoms with Crippen molar-refractivity contribution in [2.45, 2.75) is 39.8 Å². The highest BCUT2D eigenvalue weighted by Crippen LogP contribution is 2.24. The molecule has 0 saturated carbocycles. The molecule has 2 aromatic rings. The minimum Gasteiger partial charge on any atom is -0.488 e. The lowest BCUT2D eigenvalue weighted by atomic mass is 10.1. The highest BCUT2D eigenvalue weighted by atomic mass is 19.1. The number of carbonyl (C=O) groups is 1. The van der Waals surface area contributed by atoms with Gasteiger partial charge in [-0.25, -0.2) is 9.18 Å². The molecule has 140 valence electrons. The van der Waals surface area contributed by atoms with Gasteiger partial charge in [0.15, 0.2) is 5.75 Å². The maximum atomic E-state index is 13.9. The normalized spacial score (nSPS) is 11.3. The predicted molar refractivity (Wildman–Crippen MR) is 95.3 cm³/mol. The summed E-state index contributed by atoms with van der Waals surface area (Å²) in [6, 6.07) is 4.04. The molecule has 26 heavy (non-hydrogen) atoms. The summed E-state index contributed by atoms with van der Waals surface area (Å²) < 4.78 is 24.2. The Morgan fingerprint density at radius 2 is 1.88 bits per heavy atom. The van der Waals surface area contributed by atoms with Gasteiger partial charge in [-0.05, 0) is 45.9 Å². The molecule has 0 aliphatic rings. The number of amides is 1. The van der Waals surface area contributed by atoms with Crippen molar-refractivity contribution >= 4 is 17.5 Å². The summed E-state index contributed by atoms with van der Waals surface area (Å²) in [5.41, 5.74) is -1.42. The standard InChI is InChI=1S/C18H21FN2O5/c1-5-25-16-13(14(22)15(16)23)21-11-6-7-12(19)10(8-11)9-20-17(24)26-18(2,3)4/h6-8,21H,5,9H2,1-4H3,(H,20,24). The number of alkyl carbamates (subject to hydrolysis) is 1. The molecule has 0 unspecified atom stereocenters. The molecule has 2 N–H and O–H groups in total. The zero-order valence-electron chi connectivity index (χ0n) is 15.1. The van der Waals surface area contributed by atoms with Gasteiger partial charge in [0.05, 0.1) is 6.61 Å². The first kappa shape index (κ1) is 19.4. The first-order valence-corrected chi connectivity index (χ1v) is 8.10. The van der Waals surface area contributed by atoms with Crippen molar-refractivity contribution in [1.82, 2.24) is 5.32 Å². The lowest BCUT2D eigenvalue weighted by molar-refractivity contribution is 0.0523. The van der Waals surface area contributed by atoms with E-state index in [0.717, 1.165) is 0 Å². The Kier molecular flexibility index (Phi) is 5.64. The van der Waals surface area contributed by atoms with E-state index in [0.29, 0.717) is 5.69 Å². The Morgan fingerprint density at radius 3 is 2.50 bits per heavy atom. The van der Waals surface area contributed by atoms with Crippen LogP contribution in [0.5, 0.6) is 5.75 Å². The molecular weight excluding hydrogens is 343 g/mol. The van der Waals surface area contributed by atoms with Gasteiger partial charge in [-0.2, -0.15) is 0 Å². The highest BCUT2D eigenvalue weighted by molar-refractivity contribution is 5.70. The number of halogens is 1. The predicted octanol–water partition coefficient (Wildman–Crippen LogP) is 2.59. The summed E-state index contributed by atoms with van der Waals surface area (Å²) in [6.45, 7) is 7.00. The van der Waals surface area contributed by atoms with E-state index in [1.807, 2.05) is 0 Å². The van der Waals surface area contributed by atoms with Crippen LogP contribution in [0.1, 0.15) is 33.3 Å². The van der Waals surface area contributed by atoms with Gasteiger partial charge < -0.3 is 20.1 Å². The Balaban J connectivity index is 2.10. The van der Waals surface area contributed by atoms with Gasteiger partial charge in [-0.1, -0.05) is 0 Å². The van der Waals surface area contributed by atoms with Crippen molar-refractivity contribution in [2.24, 2.45) is 0 Å². The smallest absolute Gasteiger partial charge is 0.407 e. The van der Waals surface area contributed by atoms with Crippen molar-refractivity contribution in [3.8, 4) is 5.75 Å². The first-order chi connectivity index (χ1) is 12.1. The van der Waals surface area contributed by atoms with Gasteiger partial charge in [0, 0.05) is 17.8 Å². The maximum Gasteiger partial charge on any atom is 0.407 e. The average molecular weight is 364 g/mol. The third kappa shape index (κ3) is 4.59. The second-order valence-electron chi connectivity index (χ2n) is 6.58. The first-order valence-electron chi connectivity index (χ1n) is 8.10. The number of benzene rings is 1. The van der Waals surface area contributed by atoms with Crippen LogP contribution in [-0.4, -0.2) is 18.3 Å². The fourth-order valence-electron chi connectivity index (χ4n) is 2.18. The quantitative estimate of drug-likeness (QED) is 0.765. The molecule has 0 aromatic heterocycles. The molecular formula is C18H21FN2O5. The largest absolute Gasteiger partial charge is 0.488 e. The zero-order chi connectivity index (χ0) is 19.5. The number of nitrogens with one attached hydrogen (secondary N) is 2. The van der Waals surface area contributed by atoms with Gasteiger partial charge >= 0.3 is 6.09 Å².